The molecule has 0 spiro atoms. The number of hydrogen-bond acceptors (Lipinski definition) is 3. The van der Waals surface area contributed by atoms with E-state index < -0.39 is 0 Å². The largest absolute Gasteiger partial charge is 0.379 e. The fourth-order valence-corrected chi connectivity index (χ4v) is 4.06. The lowest BCUT2D eigenvalue weighted by Crippen LogP contribution is -2.46. The number of morpholine rings is 1. The number of benzene rings is 1. The van der Waals surface area contributed by atoms with Gasteiger partial charge in [0.1, 0.15) is 0 Å². The standard InChI is InChI=1S/C20H32N4O/c1-17-6-5-7-18(14-17)23-19(21)22-15-20(8-3-2-4-9-20)16-24-10-12-25-13-11-24/h5-7,14H,2-4,8-13,15-16H2,1H3,(H3,21,22,23). The zero-order valence-electron chi connectivity index (χ0n) is 15.5. The van der Waals surface area contributed by atoms with Gasteiger partial charge in [0.25, 0.3) is 0 Å². The first-order valence-electron chi connectivity index (χ1n) is 9.59. The lowest BCUT2D eigenvalue weighted by Gasteiger charge is -2.41. The maximum absolute atomic E-state index is 6.17. The van der Waals surface area contributed by atoms with Gasteiger partial charge >= 0.3 is 0 Å². The smallest absolute Gasteiger partial charge is 0.193 e. The number of aryl methyl sites for hydroxylation is 1. The minimum Gasteiger partial charge on any atom is -0.379 e. The molecule has 1 aliphatic carbocycles. The summed E-state index contributed by atoms with van der Waals surface area (Å²) in [4.78, 5) is 7.29. The summed E-state index contributed by atoms with van der Waals surface area (Å²) in [5.41, 5.74) is 8.67. The molecule has 5 nitrogen and oxygen atoms in total. The number of guanidine groups is 1. The molecule has 3 N–H and O–H groups in total. The Kier molecular flexibility index (Phi) is 6.32. The van der Waals surface area contributed by atoms with Crippen molar-refractivity contribution >= 4 is 11.6 Å². The summed E-state index contributed by atoms with van der Waals surface area (Å²) in [6.45, 7) is 7.82. The van der Waals surface area contributed by atoms with E-state index in [4.69, 9.17) is 15.5 Å². The van der Waals surface area contributed by atoms with Crippen molar-refractivity contribution in [3.63, 3.8) is 0 Å². The van der Waals surface area contributed by atoms with E-state index in [-0.39, 0.29) is 5.41 Å². The van der Waals surface area contributed by atoms with Crippen LogP contribution in [0.4, 0.5) is 5.69 Å². The second-order valence-electron chi connectivity index (χ2n) is 7.65. The number of aliphatic imine (C=N–C) groups is 1. The summed E-state index contributed by atoms with van der Waals surface area (Å²) in [5.74, 6) is 0.525. The highest BCUT2D eigenvalue weighted by molar-refractivity contribution is 5.92. The monoisotopic (exact) mass is 344 g/mol. The molecule has 1 saturated heterocycles. The summed E-state index contributed by atoms with van der Waals surface area (Å²) in [7, 11) is 0. The highest BCUT2D eigenvalue weighted by atomic mass is 16.5. The number of rotatable bonds is 5. The molecule has 1 heterocycles. The Labute approximate surface area is 151 Å². The molecule has 1 aliphatic heterocycles. The van der Waals surface area contributed by atoms with Crippen LogP contribution in [0.25, 0.3) is 0 Å². The Morgan fingerprint density at radius 2 is 2.00 bits per heavy atom. The molecule has 3 rings (SSSR count). The van der Waals surface area contributed by atoms with Crippen molar-refractivity contribution in [2.45, 2.75) is 39.0 Å². The van der Waals surface area contributed by atoms with Crippen LogP contribution in [0.3, 0.4) is 0 Å². The Balaban J connectivity index is 1.62. The molecule has 138 valence electrons. The quantitative estimate of drug-likeness (QED) is 0.637. The van der Waals surface area contributed by atoms with Crippen LogP contribution in [0.2, 0.25) is 0 Å². The first-order valence-corrected chi connectivity index (χ1v) is 9.59. The van der Waals surface area contributed by atoms with Crippen LogP contribution in [-0.2, 0) is 4.74 Å². The topological polar surface area (TPSA) is 62.9 Å². The van der Waals surface area contributed by atoms with Crippen molar-refractivity contribution < 1.29 is 4.74 Å². The highest BCUT2D eigenvalue weighted by Crippen LogP contribution is 2.37. The number of nitrogens with one attached hydrogen (secondary N) is 1. The molecule has 25 heavy (non-hydrogen) atoms. The first-order chi connectivity index (χ1) is 12.2. The predicted octanol–water partition coefficient (Wildman–Crippen LogP) is 3.00. The molecule has 5 heteroatoms. The minimum absolute atomic E-state index is 0.272. The minimum atomic E-state index is 0.272. The van der Waals surface area contributed by atoms with E-state index in [0.29, 0.717) is 5.96 Å². The third-order valence-corrected chi connectivity index (χ3v) is 5.45. The van der Waals surface area contributed by atoms with E-state index in [0.717, 1.165) is 45.1 Å². The van der Waals surface area contributed by atoms with E-state index in [9.17, 15) is 0 Å². The SMILES string of the molecule is Cc1cccc(NC(N)=NCC2(CN3CCOCC3)CCCCC2)c1. The average Bonchev–Trinajstić information content (AvgIpc) is 2.62. The van der Waals surface area contributed by atoms with Gasteiger partial charge in [-0.1, -0.05) is 31.4 Å². The molecule has 0 unspecified atom stereocenters. The van der Waals surface area contributed by atoms with Gasteiger partial charge in [-0.25, -0.2) is 0 Å². The maximum atomic E-state index is 6.17. The summed E-state index contributed by atoms with van der Waals surface area (Å²) < 4.78 is 5.50. The van der Waals surface area contributed by atoms with Gasteiger partial charge in [0.15, 0.2) is 5.96 Å². The van der Waals surface area contributed by atoms with Crippen LogP contribution >= 0.6 is 0 Å². The molecule has 0 bridgehead atoms. The summed E-state index contributed by atoms with van der Waals surface area (Å²) in [6, 6.07) is 8.23. The number of nitrogens with zero attached hydrogens (tertiary/aromatic N) is 2. The van der Waals surface area contributed by atoms with Crippen molar-refractivity contribution in [1.82, 2.24) is 4.90 Å². The number of nitrogens with two attached hydrogens (primary N) is 1. The second kappa shape index (κ2) is 8.68. The van der Waals surface area contributed by atoms with Gasteiger partial charge < -0.3 is 15.8 Å². The van der Waals surface area contributed by atoms with Gasteiger partial charge in [-0.15, -0.1) is 0 Å². The Hall–Kier alpha value is -1.59. The van der Waals surface area contributed by atoms with Gasteiger partial charge in [-0.2, -0.15) is 0 Å². The van der Waals surface area contributed by atoms with Crippen molar-refractivity contribution in [1.29, 1.82) is 0 Å². The predicted molar refractivity (Wildman–Crippen MR) is 104 cm³/mol. The Bertz CT molecular complexity index is 575. The van der Waals surface area contributed by atoms with E-state index in [1.54, 1.807) is 0 Å². The second-order valence-corrected chi connectivity index (χ2v) is 7.65. The van der Waals surface area contributed by atoms with Crippen molar-refractivity contribution in [3.8, 4) is 0 Å². The molecule has 0 amide bonds. The van der Waals surface area contributed by atoms with Gasteiger partial charge in [-0.05, 0) is 37.5 Å². The fraction of sp³-hybridized carbons (Fsp3) is 0.650. The Morgan fingerprint density at radius 3 is 2.72 bits per heavy atom. The molecular weight excluding hydrogens is 312 g/mol. The lowest BCUT2D eigenvalue weighted by atomic mass is 9.73. The maximum Gasteiger partial charge on any atom is 0.193 e. The first kappa shape index (κ1) is 18.2. The van der Waals surface area contributed by atoms with Crippen molar-refractivity contribution in [3.05, 3.63) is 29.8 Å². The van der Waals surface area contributed by atoms with E-state index >= 15 is 0 Å². The van der Waals surface area contributed by atoms with Crippen LogP contribution in [0.5, 0.6) is 0 Å². The summed E-state index contributed by atoms with van der Waals surface area (Å²) in [5, 5.41) is 3.24. The lowest BCUT2D eigenvalue weighted by molar-refractivity contribution is 0.00940. The average molecular weight is 345 g/mol. The molecular formula is C20H32N4O. The molecule has 0 atom stereocenters. The van der Waals surface area contributed by atoms with Gasteiger partial charge in [0, 0.05) is 37.3 Å². The molecule has 1 aromatic rings. The molecule has 0 aromatic heterocycles. The van der Waals surface area contributed by atoms with Crippen molar-refractivity contribution in [2.24, 2.45) is 16.1 Å². The fourth-order valence-electron chi connectivity index (χ4n) is 4.06. The van der Waals surface area contributed by atoms with Gasteiger partial charge in [0.2, 0.25) is 0 Å². The highest BCUT2D eigenvalue weighted by Gasteiger charge is 2.34. The van der Waals surface area contributed by atoms with Crippen LogP contribution < -0.4 is 11.1 Å². The third-order valence-electron chi connectivity index (χ3n) is 5.45. The molecule has 1 aromatic carbocycles. The molecule has 1 saturated carbocycles. The molecule has 0 radical (unpaired) electrons. The van der Waals surface area contributed by atoms with Crippen LogP contribution in [0.1, 0.15) is 37.7 Å². The van der Waals surface area contributed by atoms with Crippen LogP contribution in [-0.4, -0.2) is 50.3 Å². The Morgan fingerprint density at radius 1 is 1.24 bits per heavy atom. The van der Waals surface area contributed by atoms with Crippen LogP contribution in [0, 0.1) is 12.3 Å². The van der Waals surface area contributed by atoms with Gasteiger partial charge in [0.05, 0.1) is 13.2 Å². The third kappa shape index (κ3) is 5.44. The summed E-state index contributed by atoms with van der Waals surface area (Å²) in [6.07, 6.45) is 6.49. The van der Waals surface area contributed by atoms with Crippen LogP contribution in [0.15, 0.2) is 29.3 Å². The summed E-state index contributed by atoms with van der Waals surface area (Å²) >= 11 is 0. The zero-order valence-corrected chi connectivity index (χ0v) is 15.5. The normalized spacial score (nSPS) is 21.9. The number of anilines is 1. The van der Waals surface area contributed by atoms with E-state index in [2.05, 4.69) is 29.3 Å². The zero-order chi connectivity index (χ0) is 17.5. The number of ether oxygens (including phenoxy) is 1. The molecule has 2 fully saturated rings. The van der Waals surface area contributed by atoms with E-state index in [1.807, 2.05) is 12.1 Å². The van der Waals surface area contributed by atoms with Gasteiger partial charge in [-0.3, -0.25) is 9.89 Å². The molecule has 2 aliphatic rings. The van der Waals surface area contributed by atoms with E-state index in [1.165, 1.54) is 37.7 Å². The van der Waals surface area contributed by atoms with Crippen molar-refractivity contribution in [2.75, 3.05) is 44.7 Å². The number of hydrogen-bond donors (Lipinski definition) is 2.